The van der Waals surface area contributed by atoms with Gasteiger partial charge in [0.1, 0.15) is 5.82 Å². The molecule has 0 radical (unpaired) electrons. The van der Waals surface area contributed by atoms with E-state index in [2.05, 4.69) is 16.3 Å². The van der Waals surface area contributed by atoms with Crippen LogP contribution in [0.15, 0.2) is 39.1 Å². The van der Waals surface area contributed by atoms with E-state index >= 15 is 0 Å². The maximum atomic E-state index is 13.3. The largest absolute Gasteiger partial charge is 0.493 e. The van der Waals surface area contributed by atoms with E-state index in [1.54, 1.807) is 17.0 Å². The number of carbonyl (C=O) groups is 1. The summed E-state index contributed by atoms with van der Waals surface area (Å²) in [6.45, 7) is 0. The van der Waals surface area contributed by atoms with Crippen LogP contribution in [0.1, 0.15) is 30.7 Å². The van der Waals surface area contributed by atoms with E-state index in [1.165, 1.54) is 44.4 Å². The molecule has 0 bridgehead atoms. The second kappa shape index (κ2) is 9.33. The molecule has 2 aliphatic rings. The number of ether oxygens (including phenoxy) is 3. The van der Waals surface area contributed by atoms with Gasteiger partial charge in [-0.2, -0.15) is 5.26 Å². The molecule has 0 amide bonds. The SMILES string of the molecule is COc1cc(C2C(C#N)=C(N)N(c3nnc(SC)s3)C3=C2C(=O)CCC3)cc(OC)c1OC. The van der Waals surface area contributed by atoms with Crippen molar-refractivity contribution in [2.75, 3.05) is 32.5 Å². The molecule has 1 aromatic heterocycles. The Morgan fingerprint density at radius 1 is 1.18 bits per heavy atom. The van der Waals surface area contributed by atoms with Gasteiger partial charge in [0.15, 0.2) is 21.6 Å². The van der Waals surface area contributed by atoms with Gasteiger partial charge in [0, 0.05) is 17.7 Å². The summed E-state index contributed by atoms with van der Waals surface area (Å²) >= 11 is 2.84. The van der Waals surface area contributed by atoms with Gasteiger partial charge in [-0.3, -0.25) is 9.69 Å². The van der Waals surface area contributed by atoms with Crippen LogP contribution >= 0.6 is 23.1 Å². The molecule has 0 fully saturated rings. The van der Waals surface area contributed by atoms with Crippen molar-refractivity contribution in [1.29, 1.82) is 5.26 Å². The molecule has 1 aliphatic heterocycles. The molecule has 33 heavy (non-hydrogen) atoms. The molecular formula is C22H23N5O4S2. The highest BCUT2D eigenvalue weighted by Gasteiger charge is 2.41. The fourth-order valence-corrected chi connectivity index (χ4v) is 5.58. The number of allylic oxidation sites excluding steroid dienone is 3. The third-order valence-corrected chi connectivity index (χ3v) is 7.58. The van der Waals surface area contributed by atoms with Gasteiger partial charge in [-0.05, 0) is 36.8 Å². The normalized spacial score (nSPS) is 18.2. The summed E-state index contributed by atoms with van der Waals surface area (Å²) in [6, 6.07) is 5.76. The molecule has 1 aliphatic carbocycles. The molecule has 9 nitrogen and oxygen atoms in total. The number of nitrogens with zero attached hydrogens (tertiary/aromatic N) is 4. The number of hydrogen-bond acceptors (Lipinski definition) is 11. The van der Waals surface area contributed by atoms with E-state index in [0.29, 0.717) is 52.8 Å². The maximum Gasteiger partial charge on any atom is 0.219 e. The lowest BCUT2D eigenvalue weighted by molar-refractivity contribution is -0.116. The predicted octanol–water partition coefficient (Wildman–Crippen LogP) is 3.59. The van der Waals surface area contributed by atoms with Crippen LogP contribution in [0.3, 0.4) is 0 Å². The number of methoxy groups -OCH3 is 3. The molecule has 0 saturated carbocycles. The zero-order chi connectivity index (χ0) is 23.7. The number of thioether (sulfide) groups is 1. The number of ketones is 1. The number of benzene rings is 1. The van der Waals surface area contributed by atoms with Crippen molar-refractivity contribution in [3.05, 3.63) is 40.4 Å². The monoisotopic (exact) mass is 485 g/mol. The predicted molar refractivity (Wildman–Crippen MR) is 126 cm³/mol. The average molecular weight is 486 g/mol. The molecule has 0 spiro atoms. The number of carbonyl (C=O) groups excluding carboxylic acids is 1. The lowest BCUT2D eigenvalue weighted by Gasteiger charge is -2.38. The maximum absolute atomic E-state index is 13.3. The van der Waals surface area contributed by atoms with Gasteiger partial charge in [0.2, 0.25) is 10.9 Å². The molecule has 2 aromatic rings. The van der Waals surface area contributed by atoms with Crippen LogP contribution in [-0.2, 0) is 4.79 Å². The van der Waals surface area contributed by atoms with Crippen LogP contribution in [0.5, 0.6) is 17.2 Å². The van der Waals surface area contributed by atoms with Gasteiger partial charge in [-0.1, -0.05) is 23.1 Å². The Morgan fingerprint density at radius 3 is 2.42 bits per heavy atom. The van der Waals surface area contributed by atoms with E-state index < -0.39 is 5.92 Å². The van der Waals surface area contributed by atoms with Crippen molar-refractivity contribution >= 4 is 34.0 Å². The van der Waals surface area contributed by atoms with Crippen molar-refractivity contribution in [2.24, 2.45) is 5.73 Å². The van der Waals surface area contributed by atoms with Crippen molar-refractivity contribution in [3.63, 3.8) is 0 Å². The highest BCUT2D eigenvalue weighted by molar-refractivity contribution is 8.00. The number of hydrogen-bond donors (Lipinski definition) is 1. The first-order valence-corrected chi connectivity index (χ1v) is 12.2. The van der Waals surface area contributed by atoms with Crippen molar-refractivity contribution < 1.29 is 19.0 Å². The Hall–Kier alpha value is -3.23. The van der Waals surface area contributed by atoms with Crippen LogP contribution in [0.4, 0.5) is 5.13 Å². The Kier molecular flexibility index (Phi) is 6.49. The first-order chi connectivity index (χ1) is 16.0. The molecule has 2 heterocycles. The summed E-state index contributed by atoms with van der Waals surface area (Å²) in [7, 11) is 4.57. The Morgan fingerprint density at radius 2 is 1.88 bits per heavy atom. The van der Waals surface area contributed by atoms with Crippen LogP contribution in [0.2, 0.25) is 0 Å². The minimum Gasteiger partial charge on any atom is -0.493 e. The molecule has 172 valence electrons. The van der Waals surface area contributed by atoms with Gasteiger partial charge in [0.05, 0.1) is 38.9 Å². The van der Waals surface area contributed by atoms with Crippen molar-refractivity contribution in [1.82, 2.24) is 10.2 Å². The minimum absolute atomic E-state index is 0.0187. The molecule has 11 heteroatoms. The highest BCUT2D eigenvalue weighted by atomic mass is 32.2. The average Bonchev–Trinajstić information content (AvgIpc) is 3.31. The zero-order valence-electron chi connectivity index (χ0n) is 18.7. The van der Waals surface area contributed by atoms with E-state index in [0.717, 1.165) is 10.0 Å². The minimum atomic E-state index is -0.657. The van der Waals surface area contributed by atoms with Gasteiger partial charge in [0.25, 0.3) is 0 Å². The van der Waals surface area contributed by atoms with E-state index in [-0.39, 0.29) is 17.2 Å². The van der Waals surface area contributed by atoms with Crippen molar-refractivity contribution in [2.45, 2.75) is 29.5 Å². The summed E-state index contributed by atoms with van der Waals surface area (Å²) in [5.41, 5.74) is 8.80. The number of rotatable bonds is 6. The van der Waals surface area contributed by atoms with Gasteiger partial charge in [-0.15, -0.1) is 10.2 Å². The quantitative estimate of drug-likeness (QED) is 0.607. The summed E-state index contributed by atoms with van der Waals surface area (Å²) in [6.07, 6.45) is 3.64. The van der Waals surface area contributed by atoms with Crippen LogP contribution in [0.25, 0.3) is 0 Å². The standard InChI is InChI=1S/C22H23N5O4S2/c1-29-15-8-11(9-16(30-2)19(15)31-3)17-12(10-23)20(24)27(21-25-26-22(32-4)33-21)13-6-5-7-14(28)18(13)17/h8-9,17H,5-7,24H2,1-4H3. The first kappa shape index (κ1) is 22.9. The molecule has 1 atom stereocenters. The summed E-state index contributed by atoms with van der Waals surface area (Å²) in [5.74, 6) is 0.868. The van der Waals surface area contributed by atoms with E-state index in [4.69, 9.17) is 19.9 Å². The molecule has 1 aromatic carbocycles. The number of nitrogens with two attached hydrogens (primary N) is 1. The second-order valence-electron chi connectivity index (χ2n) is 7.33. The summed E-state index contributed by atoms with van der Waals surface area (Å²) in [5, 5.41) is 19.1. The summed E-state index contributed by atoms with van der Waals surface area (Å²) in [4.78, 5) is 15.0. The number of Topliss-reactive ketones (excluding diaryl/α,β-unsaturated/α-hetero) is 1. The van der Waals surface area contributed by atoms with Gasteiger partial charge < -0.3 is 19.9 Å². The molecule has 2 N–H and O–H groups in total. The van der Waals surface area contributed by atoms with Gasteiger partial charge in [-0.25, -0.2) is 0 Å². The lowest BCUT2D eigenvalue weighted by Crippen LogP contribution is -2.38. The Labute approximate surface area is 199 Å². The number of aromatic nitrogens is 2. The number of anilines is 1. The Balaban J connectivity index is 1.97. The van der Waals surface area contributed by atoms with Crippen LogP contribution < -0.4 is 24.8 Å². The lowest BCUT2D eigenvalue weighted by atomic mass is 9.75. The molecular weight excluding hydrogens is 462 g/mol. The molecule has 0 saturated heterocycles. The van der Waals surface area contributed by atoms with Crippen LogP contribution in [0, 0.1) is 11.3 Å². The fraction of sp³-hybridized carbons (Fsp3) is 0.364. The zero-order valence-corrected chi connectivity index (χ0v) is 20.3. The van der Waals surface area contributed by atoms with Crippen LogP contribution in [-0.4, -0.2) is 43.6 Å². The smallest absolute Gasteiger partial charge is 0.219 e. The third kappa shape index (κ3) is 3.79. The van der Waals surface area contributed by atoms with E-state index in [1.807, 2.05) is 6.26 Å². The Bertz CT molecular complexity index is 1190. The number of nitriles is 1. The molecule has 4 rings (SSSR count). The first-order valence-electron chi connectivity index (χ1n) is 10.1. The highest BCUT2D eigenvalue weighted by Crippen LogP contribution is 2.49. The third-order valence-electron chi connectivity index (χ3n) is 5.70. The van der Waals surface area contributed by atoms with Gasteiger partial charge >= 0.3 is 0 Å². The fourth-order valence-electron chi connectivity index (χ4n) is 4.28. The summed E-state index contributed by atoms with van der Waals surface area (Å²) < 4.78 is 17.2. The van der Waals surface area contributed by atoms with Crippen molar-refractivity contribution in [3.8, 4) is 23.3 Å². The van der Waals surface area contributed by atoms with E-state index in [9.17, 15) is 10.1 Å². The topological polar surface area (TPSA) is 124 Å². The molecule has 1 unspecified atom stereocenters. The second-order valence-corrected chi connectivity index (χ2v) is 9.34.